The summed E-state index contributed by atoms with van der Waals surface area (Å²) in [6, 6.07) is 4.25. The van der Waals surface area contributed by atoms with Crippen LogP contribution in [-0.2, 0) is 0 Å². The van der Waals surface area contributed by atoms with Crippen LogP contribution in [0, 0.1) is 5.82 Å². The summed E-state index contributed by atoms with van der Waals surface area (Å²) >= 11 is 5.69. The highest BCUT2D eigenvalue weighted by atomic mass is 35.5. The Kier molecular flexibility index (Phi) is 4.16. The Balaban J connectivity index is 2.34. The molecule has 20 heavy (non-hydrogen) atoms. The molecule has 2 rings (SSSR count). The lowest BCUT2D eigenvalue weighted by atomic mass is 10.3. The van der Waals surface area contributed by atoms with Crippen molar-refractivity contribution in [1.29, 1.82) is 0 Å². The molecule has 0 aliphatic heterocycles. The topological polar surface area (TPSA) is 92.0 Å². The summed E-state index contributed by atoms with van der Waals surface area (Å²) in [6.07, 6.45) is 0. The van der Waals surface area contributed by atoms with Gasteiger partial charge in [0.15, 0.2) is 0 Å². The second-order valence-corrected chi connectivity index (χ2v) is 4.51. The van der Waals surface area contributed by atoms with E-state index in [9.17, 15) is 4.39 Å². The quantitative estimate of drug-likeness (QED) is 0.585. The summed E-state index contributed by atoms with van der Waals surface area (Å²) in [5.41, 5.74) is 2.53. The van der Waals surface area contributed by atoms with E-state index in [1.54, 1.807) is 25.1 Å². The predicted octanol–water partition coefficient (Wildman–Crippen LogP) is 1.76. The lowest BCUT2D eigenvalue weighted by Gasteiger charge is -2.13. The minimum absolute atomic E-state index is 0.165. The Labute approximate surface area is 120 Å². The van der Waals surface area contributed by atoms with Crippen LogP contribution >= 0.6 is 11.6 Å². The van der Waals surface area contributed by atoms with Gasteiger partial charge in [0.2, 0.25) is 17.8 Å². The second-order valence-electron chi connectivity index (χ2n) is 4.07. The predicted molar refractivity (Wildman–Crippen MR) is 76.7 cm³/mol. The van der Waals surface area contributed by atoms with Gasteiger partial charge in [0.25, 0.3) is 0 Å². The van der Waals surface area contributed by atoms with Gasteiger partial charge in [0.1, 0.15) is 5.82 Å². The average molecular weight is 298 g/mol. The summed E-state index contributed by atoms with van der Waals surface area (Å²) in [7, 11) is 3.53. The molecule has 0 aliphatic carbocycles. The van der Waals surface area contributed by atoms with Crippen molar-refractivity contribution in [2.24, 2.45) is 5.84 Å². The van der Waals surface area contributed by atoms with Crippen LogP contribution in [0.5, 0.6) is 0 Å². The molecule has 0 spiro atoms. The van der Waals surface area contributed by atoms with Gasteiger partial charge in [0.05, 0.1) is 5.69 Å². The van der Waals surface area contributed by atoms with Crippen molar-refractivity contribution >= 4 is 35.1 Å². The maximum Gasteiger partial charge on any atom is 0.243 e. The number of nitrogen functional groups attached to an aromatic ring is 1. The van der Waals surface area contributed by atoms with E-state index >= 15 is 0 Å². The molecule has 0 fully saturated rings. The maximum atomic E-state index is 13.7. The number of hydrazine groups is 1. The van der Waals surface area contributed by atoms with Crippen molar-refractivity contribution < 1.29 is 4.39 Å². The summed E-state index contributed by atoms with van der Waals surface area (Å²) in [4.78, 5) is 13.8. The number of nitrogens with one attached hydrogen (secondary N) is 2. The first kappa shape index (κ1) is 14.2. The number of aromatic nitrogens is 3. The number of anilines is 4. The zero-order valence-electron chi connectivity index (χ0n) is 10.9. The van der Waals surface area contributed by atoms with Crippen molar-refractivity contribution in [2.45, 2.75) is 0 Å². The van der Waals surface area contributed by atoms with E-state index in [1.807, 2.05) is 0 Å². The largest absolute Gasteiger partial charge is 0.347 e. The van der Waals surface area contributed by atoms with E-state index in [-0.39, 0.29) is 17.6 Å². The van der Waals surface area contributed by atoms with Gasteiger partial charge >= 0.3 is 0 Å². The molecule has 1 heterocycles. The molecule has 0 atom stereocenters. The lowest BCUT2D eigenvalue weighted by Crippen LogP contribution is -2.18. The second kappa shape index (κ2) is 5.85. The number of halogens is 2. The number of hydrogen-bond acceptors (Lipinski definition) is 7. The normalized spacial score (nSPS) is 10.2. The van der Waals surface area contributed by atoms with Crippen LogP contribution in [0.2, 0.25) is 5.02 Å². The third-order valence-electron chi connectivity index (χ3n) is 2.33. The number of nitrogens with zero attached hydrogens (tertiary/aromatic N) is 4. The molecule has 0 saturated heterocycles. The number of nitrogens with two attached hydrogens (primary N) is 1. The zero-order valence-corrected chi connectivity index (χ0v) is 11.6. The minimum Gasteiger partial charge on any atom is -0.347 e. The molecule has 1 aromatic heterocycles. The van der Waals surface area contributed by atoms with Crippen LogP contribution in [0.25, 0.3) is 0 Å². The Hall–Kier alpha value is -2.19. The molecular formula is C11H13ClFN7. The van der Waals surface area contributed by atoms with E-state index < -0.39 is 5.82 Å². The Morgan fingerprint density at radius 2 is 1.90 bits per heavy atom. The Morgan fingerprint density at radius 1 is 1.20 bits per heavy atom. The molecular weight excluding hydrogens is 285 g/mol. The van der Waals surface area contributed by atoms with Gasteiger partial charge in [-0.05, 0) is 18.2 Å². The van der Waals surface area contributed by atoms with Crippen molar-refractivity contribution in [3.8, 4) is 0 Å². The number of hydrogen-bond donors (Lipinski definition) is 3. The molecule has 4 N–H and O–H groups in total. The average Bonchev–Trinajstić information content (AvgIpc) is 2.41. The fourth-order valence-corrected chi connectivity index (χ4v) is 1.56. The molecule has 106 valence electrons. The fourth-order valence-electron chi connectivity index (χ4n) is 1.40. The first-order valence-electron chi connectivity index (χ1n) is 5.61. The molecule has 0 aliphatic rings. The van der Waals surface area contributed by atoms with Crippen LogP contribution in [-0.4, -0.2) is 29.0 Å². The maximum absolute atomic E-state index is 13.7. The summed E-state index contributed by atoms with van der Waals surface area (Å²) in [6.45, 7) is 0. The number of rotatable bonds is 4. The third-order valence-corrected chi connectivity index (χ3v) is 2.57. The van der Waals surface area contributed by atoms with Crippen LogP contribution < -0.4 is 21.5 Å². The summed E-state index contributed by atoms with van der Waals surface area (Å²) < 4.78 is 13.7. The third kappa shape index (κ3) is 3.22. The van der Waals surface area contributed by atoms with Crippen molar-refractivity contribution in [3.05, 3.63) is 29.0 Å². The molecule has 7 nitrogen and oxygen atoms in total. The Bertz CT molecular complexity index is 620. The van der Waals surface area contributed by atoms with Gasteiger partial charge in [-0.2, -0.15) is 15.0 Å². The van der Waals surface area contributed by atoms with Gasteiger partial charge in [-0.15, -0.1) is 0 Å². The molecule has 2 aromatic rings. The molecule has 0 radical (unpaired) electrons. The van der Waals surface area contributed by atoms with Crippen molar-refractivity contribution in [3.63, 3.8) is 0 Å². The van der Waals surface area contributed by atoms with Crippen LogP contribution in [0.15, 0.2) is 18.2 Å². The van der Waals surface area contributed by atoms with Crippen LogP contribution in [0.1, 0.15) is 0 Å². The molecule has 1 aromatic carbocycles. The highest BCUT2D eigenvalue weighted by molar-refractivity contribution is 6.30. The van der Waals surface area contributed by atoms with Crippen molar-refractivity contribution in [2.75, 3.05) is 29.7 Å². The highest BCUT2D eigenvalue weighted by Gasteiger charge is 2.10. The Morgan fingerprint density at radius 3 is 2.50 bits per heavy atom. The minimum atomic E-state index is -0.508. The SMILES string of the molecule is CN(C)c1nc(NN)nc(Nc2ccc(Cl)cc2F)n1. The monoisotopic (exact) mass is 297 g/mol. The highest BCUT2D eigenvalue weighted by Crippen LogP contribution is 2.22. The summed E-state index contributed by atoms with van der Waals surface area (Å²) in [5.74, 6) is 5.49. The summed E-state index contributed by atoms with van der Waals surface area (Å²) in [5, 5.41) is 3.06. The van der Waals surface area contributed by atoms with Crippen molar-refractivity contribution in [1.82, 2.24) is 15.0 Å². The van der Waals surface area contributed by atoms with Gasteiger partial charge < -0.3 is 10.2 Å². The van der Waals surface area contributed by atoms with E-state index in [2.05, 4.69) is 25.7 Å². The van der Waals surface area contributed by atoms with Gasteiger partial charge in [-0.25, -0.2) is 10.2 Å². The van der Waals surface area contributed by atoms with Crippen LogP contribution in [0.4, 0.5) is 27.9 Å². The van der Waals surface area contributed by atoms with E-state index in [1.165, 1.54) is 12.1 Å². The smallest absolute Gasteiger partial charge is 0.243 e. The molecule has 0 amide bonds. The zero-order chi connectivity index (χ0) is 14.7. The molecule has 0 saturated carbocycles. The van der Waals surface area contributed by atoms with Crippen LogP contribution in [0.3, 0.4) is 0 Å². The molecule has 0 unspecified atom stereocenters. The van der Waals surface area contributed by atoms with Gasteiger partial charge in [-0.3, -0.25) is 5.43 Å². The number of benzene rings is 1. The molecule has 9 heteroatoms. The molecule has 0 bridgehead atoms. The van der Waals surface area contributed by atoms with E-state index in [4.69, 9.17) is 17.4 Å². The van der Waals surface area contributed by atoms with E-state index in [0.29, 0.717) is 11.0 Å². The fraction of sp³-hybridized carbons (Fsp3) is 0.182. The first-order chi connectivity index (χ1) is 9.49. The van der Waals surface area contributed by atoms with Gasteiger partial charge in [-0.1, -0.05) is 11.6 Å². The standard InChI is InChI=1S/C11H13ClFN7/c1-20(2)11-17-9(16-10(18-11)19-14)15-8-4-3-6(12)5-7(8)13/h3-5H,14H2,1-2H3,(H2,15,16,17,18,19). The van der Waals surface area contributed by atoms with E-state index in [0.717, 1.165) is 0 Å². The first-order valence-corrected chi connectivity index (χ1v) is 5.99. The lowest BCUT2D eigenvalue weighted by molar-refractivity contribution is 0.631. The van der Waals surface area contributed by atoms with Gasteiger partial charge in [0, 0.05) is 19.1 Å².